The van der Waals surface area contributed by atoms with E-state index in [1.165, 1.54) is 5.57 Å². The van der Waals surface area contributed by atoms with Gasteiger partial charge in [-0.25, -0.2) is 4.98 Å². The van der Waals surface area contributed by atoms with Crippen molar-refractivity contribution < 1.29 is 9.47 Å². The molecule has 3 heterocycles. The molecule has 1 atom stereocenters. The van der Waals surface area contributed by atoms with Crippen molar-refractivity contribution >= 4 is 11.8 Å². The van der Waals surface area contributed by atoms with Crippen LogP contribution < -0.4 is 20.3 Å². The highest BCUT2D eigenvalue weighted by Gasteiger charge is 2.22. The van der Waals surface area contributed by atoms with Crippen LogP contribution in [0, 0.1) is 0 Å². The van der Waals surface area contributed by atoms with E-state index in [1.807, 2.05) is 30.2 Å². The van der Waals surface area contributed by atoms with Gasteiger partial charge in [0.15, 0.2) is 5.88 Å². The second kappa shape index (κ2) is 8.53. The van der Waals surface area contributed by atoms with Gasteiger partial charge in [0.2, 0.25) is 5.95 Å². The van der Waals surface area contributed by atoms with E-state index in [1.54, 1.807) is 0 Å². The van der Waals surface area contributed by atoms with Crippen molar-refractivity contribution in [3.05, 3.63) is 65.7 Å². The van der Waals surface area contributed by atoms with E-state index in [-0.39, 0.29) is 6.04 Å². The third-order valence-electron chi connectivity index (χ3n) is 5.15. The van der Waals surface area contributed by atoms with Crippen LogP contribution in [0.1, 0.15) is 31.0 Å². The molecule has 0 spiro atoms. The molecule has 1 aromatic heterocycles. The molecule has 0 unspecified atom stereocenters. The SMILES string of the molecule is C=C1OCc2cnc(N[C@@H](C)c3ccc(OCC4=CCNC4)cc3)nc2N1CC. The summed E-state index contributed by atoms with van der Waals surface area (Å²) in [5.74, 6) is 2.94. The van der Waals surface area contributed by atoms with E-state index in [2.05, 4.69) is 47.3 Å². The van der Waals surface area contributed by atoms with Crippen LogP contribution in [0.3, 0.4) is 0 Å². The zero-order chi connectivity index (χ0) is 20.2. The highest BCUT2D eigenvalue weighted by molar-refractivity contribution is 5.54. The number of hydrogen-bond acceptors (Lipinski definition) is 7. The summed E-state index contributed by atoms with van der Waals surface area (Å²) in [5, 5.41) is 6.66. The lowest BCUT2D eigenvalue weighted by Gasteiger charge is -2.30. The molecule has 2 aromatic rings. The molecule has 0 saturated carbocycles. The molecule has 152 valence electrons. The number of fused-ring (bicyclic) bond motifs is 1. The second-order valence-electron chi connectivity index (χ2n) is 7.19. The normalized spacial score (nSPS) is 16.7. The molecule has 0 bridgehead atoms. The van der Waals surface area contributed by atoms with Gasteiger partial charge in [-0.05, 0) is 43.7 Å². The van der Waals surface area contributed by atoms with E-state index >= 15 is 0 Å². The maximum Gasteiger partial charge on any atom is 0.225 e. The van der Waals surface area contributed by atoms with Crippen molar-refractivity contribution in [3.8, 4) is 5.75 Å². The summed E-state index contributed by atoms with van der Waals surface area (Å²) in [6, 6.07) is 8.21. The van der Waals surface area contributed by atoms with Gasteiger partial charge in [0.25, 0.3) is 0 Å². The van der Waals surface area contributed by atoms with Crippen LogP contribution in [-0.4, -0.2) is 36.2 Å². The first-order valence-corrected chi connectivity index (χ1v) is 9.97. The molecule has 0 radical (unpaired) electrons. The highest BCUT2D eigenvalue weighted by atomic mass is 16.5. The lowest BCUT2D eigenvalue weighted by Crippen LogP contribution is -2.29. The molecule has 2 aliphatic heterocycles. The molecule has 0 amide bonds. The van der Waals surface area contributed by atoms with Gasteiger partial charge in [-0.2, -0.15) is 4.98 Å². The first kappa shape index (κ1) is 19.3. The Balaban J connectivity index is 1.40. The van der Waals surface area contributed by atoms with Crippen LogP contribution in [0.15, 0.2) is 54.6 Å². The Morgan fingerprint density at radius 3 is 2.90 bits per heavy atom. The summed E-state index contributed by atoms with van der Waals surface area (Å²) in [5.41, 5.74) is 3.40. The zero-order valence-corrected chi connectivity index (χ0v) is 16.9. The maximum absolute atomic E-state index is 5.86. The van der Waals surface area contributed by atoms with Crippen LogP contribution in [0.5, 0.6) is 5.75 Å². The molecular weight excluding hydrogens is 366 g/mol. The number of anilines is 2. The van der Waals surface area contributed by atoms with Crippen LogP contribution in [-0.2, 0) is 11.3 Å². The van der Waals surface area contributed by atoms with Crippen molar-refractivity contribution in [1.29, 1.82) is 0 Å². The number of nitrogens with one attached hydrogen (secondary N) is 2. The van der Waals surface area contributed by atoms with E-state index in [9.17, 15) is 0 Å². The van der Waals surface area contributed by atoms with Gasteiger partial charge in [0, 0.05) is 25.8 Å². The van der Waals surface area contributed by atoms with Crippen LogP contribution in [0.25, 0.3) is 0 Å². The molecular formula is C22H27N5O2. The topological polar surface area (TPSA) is 71.5 Å². The molecule has 4 rings (SSSR count). The largest absolute Gasteiger partial charge is 0.489 e. The fraction of sp³-hybridized carbons (Fsp3) is 0.364. The minimum atomic E-state index is 0.0574. The number of ether oxygens (including phenoxy) is 2. The van der Waals surface area contributed by atoms with Crippen molar-refractivity contribution in [1.82, 2.24) is 15.3 Å². The summed E-state index contributed by atoms with van der Waals surface area (Å²) in [7, 11) is 0. The predicted octanol–water partition coefficient (Wildman–Crippen LogP) is 3.39. The summed E-state index contributed by atoms with van der Waals surface area (Å²) < 4.78 is 11.4. The number of hydrogen-bond donors (Lipinski definition) is 2. The van der Waals surface area contributed by atoms with Gasteiger partial charge in [-0.1, -0.05) is 18.2 Å². The quantitative estimate of drug-likeness (QED) is 0.699. The molecule has 29 heavy (non-hydrogen) atoms. The van der Waals surface area contributed by atoms with Crippen molar-refractivity contribution in [2.75, 3.05) is 36.5 Å². The third-order valence-corrected chi connectivity index (χ3v) is 5.15. The minimum Gasteiger partial charge on any atom is -0.489 e. The molecule has 2 aliphatic rings. The fourth-order valence-electron chi connectivity index (χ4n) is 3.42. The maximum atomic E-state index is 5.86. The van der Waals surface area contributed by atoms with Crippen molar-refractivity contribution in [2.45, 2.75) is 26.5 Å². The van der Waals surface area contributed by atoms with Crippen LogP contribution in [0.2, 0.25) is 0 Å². The van der Waals surface area contributed by atoms with E-state index in [0.29, 0.717) is 25.0 Å². The summed E-state index contributed by atoms with van der Waals surface area (Å²) in [6.45, 7) is 11.8. The van der Waals surface area contributed by atoms with Crippen LogP contribution >= 0.6 is 0 Å². The molecule has 7 heteroatoms. The van der Waals surface area contributed by atoms with Gasteiger partial charge < -0.3 is 20.1 Å². The molecule has 7 nitrogen and oxygen atoms in total. The van der Waals surface area contributed by atoms with Gasteiger partial charge in [-0.3, -0.25) is 4.90 Å². The standard InChI is InChI=1S/C22H27N5O2/c1-4-27-16(3)28-14-19-12-24-22(26-21(19)27)25-15(2)18-5-7-20(8-6-18)29-13-17-9-10-23-11-17/h5-9,12,15,23H,3-4,10-11,13-14H2,1-2H3,(H,24,25,26)/t15-/m0/s1. The Labute approximate surface area is 171 Å². The predicted molar refractivity (Wildman–Crippen MR) is 114 cm³/mol. The van der Waals surface area contributed by atoms with E-state index in [4.69, 9.17) is 14.5 Å². The van der Waals surface area contributed by atoms with E-state index in [0.717, 1.165) is 42.3 Å². The molecule has 2 N–H and O–H groups in total. The smallest absolute Gasteiger partial charge is 0.225 e. The Kier molecular flexibility index (Phi) is 5.67. The average Bonchev–Trinajstić information content (AvgIpc) is 3.26. The van der Waals surface area contributed by atoms with Crippen LogP contribution in [0.4, 0.5) is 11.8 Å². The second-order valence-corrected chi connectivity index (χ2v) is 7.19. The highest BCUT2D eigenvalue weighted by Crippen LogP contribution is 2.29. The minimum absolute atomic E-state index is 0.0574. The average molecular weight is 393 g/mol. The number of nitrogens with zero attached hydrogens (tertiary/aromatic N) is 3. The Morgan fingerprint density at radius 2 is 2.17 bits per heavy atom. The molecule has 0 aliphatic carbocycles. The van der Waals surface area contributed by atoms with Gasteiger partial charge >= 0.3 is 0 Å². The first-order chi connectivity index (χ1) is 14.1. The summed E-state index contributed by atoms with van der Waals surface area (Å²) in [4.78, 5) is 11.1. The summed E-state index contributed by atoms with van der Waals surface area (Å²) in [6.07, 6.45) is 4.00. The van der Waals surface area contributed by atoms with Gasteiger partial charge in [0.05, 0.1) is 11.6 Å². The van der Waals surface area contributed by atoms with Gasteiger partial charge in [-0.15, -0.1) is 0 Å². The number of aromatic nitrogens is 2. The lowest BCUT2D eigenvalue weighted by atomic mass is 10.1. The molecule has 1 aromatic carbocycles. The summed E-state index contributed by atoms with van der Waals surface area (Å²) >= 11 is 0. The van der Waals surface area contributed by atoms with Gasteiger partial charge in [0.1, 0.15) is 24.8 Å². The molecule has 0 fully saturated rings. The Bertz CT molecular complexity index is 910. The number of rotatable bonds is 7. The van der Waals surface area contributed by atoms with Crippen molar-refractivity contribution in [3.63, 3.8) is 0 Å². The fourth-order valence-corrected chi connectivity index (χ4v) is 3.42. The lowest BCUT2D eigenvalue weighted by molar-refractivity contribution is 0.181. The van der Waals surface area contributed by atoms with Crippen molar-refractivity contribution in [2.24, 2.45) is 0 Å². The Morgan fingerprint density at radius 1 is 1.34 bits per heavy atom. The Hall–Kier alpha value is -3.06. The van der Waals surface area contributed by atoms with E-state index < -0.39 is 0 Å². The monoisotopic (exact) mass is 393 g/mol. The zero-order valence-electron chi connectivity index (χ0n) is 16.9. The first-order valence-electron chi connectivity index (χ1n) is 9.97. The number of benzene rings is 1. The third kappa shape index (κ3) is 4.35. The molecule has 0 saturated heterocycles.